The van der Waals surface area contributed by atoms with Crippen molar-refractivity contribution < 1.29 is 124 Å². The molecular weight excluding hydrogens is 832 g/mol. The van der Waals surface area contributed by atoms with E-state index in [0.717, 1.165) is 0 Å². The number of carboxylic acid groups (broad SMARTS) is 1. The van der Waals surface area contributed by atoms with Gasteiger partial charge in [-0.1, -0.05) is 0 Å². The molecule has 352 valence electrons. The number of ether oxygens (including phenoxy) is 8. The SMILES string of the molecule is O=C(O)CC(=O)OCC1OC(OC2CC3C(O)CC(O)CC3OC2C2CC(OC3OC(CO)C(O)C(O)C3O)C(O)C(OC3OC(CO)C(O)C(O)C3O)C2)C(O)C(O)C1O. The summed E-state index contributed by atoms with van der Waals surface area (Å²) in [6, 6.07) is 0. The topological polar surface area (TPSA) is 411 Å². The smallest absolute Gasteiger partial charge is 0.317 e. The van der Waals surface area contributed by atoms with Crippen molar-refractivity contribution in [3.05, 3.63) is 0 Å². The molecule has 4 heterocycles. The first-order valence-corrected chi connectivity index (χ1v) is 20.2. The lowest BCUT2D eigenvalue weighted by Crippen LogP contribution is -2.64. The predicted molar refractivity (Wildman–Crippen MR) is 189 cm³/mol. The van der Waals surface area contributed by atoms with Gasteiger partial charge in [0.2, 0.25) is 0 Å². The number of carbonyl (C=O) groups is 2. The van der Waals surface area contributed by atoms with Crippen LogP contribution in [0.3, 0.4) is 0 Å². The van der Waals surface area contributed by atoms with Crippen molar-refractivity contribution in [3.63, 3.8) is 0 Å². The first kappa shape index (κ1) is 48.6. The fraction of sp³-hybridized carbons (Fsp3) is 0.944. The van der Waals surface area contributed by atoms with Gasteiger partial charge in [0.1, 0.15) is 92.4 Å². The quantitative estimate of drug-likeness (QED) is 0.0603. The zero-order valence-corrected chi connectivity index (χ0v) is 32.6. The van der Waals surface area contributed by atoms with Gasteiger partial charge in [0.25, 0.3) is 0 Å². The highest BCUT2D eigenvalue weighted by atomic mass is 16.7. The van der Waals surface area contributed by atoms with E-state index >= 15 is 0 Å². The zero-order chi connectivity index (χ0) is 44.6. The van der Waals surface area contributed by atoms with Crippen molar-refractivity contribution in [2.24, 2.45) is 11.8 Å². The van der Waals surface area contributed by atoms with Gasteiger partial charge in [-0.05, 0) is 38.0 Å². The minimum Gasteiger partial charge on any atom is -0.481 e. The van der Waals surface area contributed by atoms with E-state index in [1.54, 1.807) is 0 Å². The number of hydrogen-bond acceptors (Lipinski definition) is 24. The number of fused-ring (bicyclic) bond motifs is 1. The van der Waals surface area contributed by atoms with Crippen LogP contribution in [0.5, 0.6) is 0 Å². The van der Waals surface area contributed by atoms with E-state index in [2.05, 4.69) is 0 Å². The fourth-order valence-corrected chi connectivity index (χ4v) is 9.09. The molecule has 6 aliphatic rings. The summed E-state index contributed by atoms with van der Waals surface area (Å²) < 4.78 is 46.5. The summed E-state index contributed by atoms with van der Waals surface area (Å²) in [7, 11) is 0. The Labute approximate surface area is 347 Å². The van der Waals surface area contributed by atoms with E-state index in [0.29, 0.717) is 0 Å². The van der Waals surface area contributed by atoms with E-state index in [1.807, 2.05) is 0 Å². The molecule has 0 radical (unpaired) electrons. The Morgan fingerprint density at radius 3 is 1.44 bits per heavy atom. The van der Waals surface area contributed by atoms with Crippen LogP contribution in [-0.2, 0) is 47.5 Å². The summed E-state index contributed by atoms with van der Waals surface area (Å²) in [5.41, 5.74) is 0. The van der Waals surface area contributed by atoms with Gasteiger partial charge in [-0.25, -0.2) is 0 Å². The lowest BCUT2D eigenvalue weighted by molar-refractivity contribution is -0.349. The van der Waals surface area contributed by atoms with Crippen LogP contribution >= 0.6 is 0 Å². The molecule has 2 saturated carbocycles. The Bertz CT molecular complexity index is 1390. The van der Waals surface area contributed by atoms with Gasteiger partial charge >= 0.3 is 11.9 Å². The first-order chi connectivity index (χ1) is 28.8. The number of carboxylic acids is 1. The van der Waals surface area contributed by atoms with Crippen molar-refractivity contribution in [2.45, 2.75) is 179 Å². The molecule has 6 rings (SSSR count). The van der Waals surface area contributed by atoms with Crippen LogP contribution in [0.25, 0.3) is 0 Å². The average molecular weight is 891 g/mol. The van der Waals surface area contributed by atoms with Crippen LogP contribution < -0.4 is 0 Å². The third-order valence-corrected chi connectivity index (χ3v) is 12.5. The van der Waals surface area contributed by atoms with Gasteiger partial charge in [-0.3, -0.25) is 9.59 Å². The van der Waals surface area contributed by atoms with Gasteiger partial charge in [0, 0.05) is 5.92 Å². The lowest BCUT2D eigenvalue weighted by atomic mass is 9.72. The summed E-state index contributed by atoms with van der Waals surface area (Å²) >= 11 is 0. The van der Waals surface area contributed by atoms with Crippen molar-refractivity contribution in [2.75, 3.05) is 19.8 Å². The van der Waals surface area contributed by atoms with E-state index in [-0.39, 0.29) is 32.1 Å². The maximum atomic E-state index is 11.9. The lowest BCUT2D eigenvalue weighted by Gasteiger charge is -2.52. The molecule has 2 aliphatic carbocycles. The minimum atomic E-state index is -1.95. The maximum Gasteiger partial charge on any atom is 0.317 e. The maximum absolute atomic E-state index is 11.9. The number of hydrogen-bond donors (Lipinski definition) is 15. The second kappa shape index (κ2) is 20.5. The van der Waals surface area contributed by atoms with Crippen LogP contribution in [0.15, 0.2) is 0 Å². The number of aliphatic carboxylic acids is 1. The van der Waals surface area contributed by atoms with E-state index in [9.17, 15) is 81.1 Å². The summed E-state index contributed by atoms with van der Waals surface area (Å²) in [4.78, 5) is 22.9. The molecule has 0 amide bonds. The van der Waals surface area contributed by atoms with Crippen molar-refractivity contribution >= 4 is 11.9 Å². The fourth-order valence-electron chi connectivity index (χ4n) is 9.09. The van der Waals surface area contributed by atoms with Gasteiger partial charge < -0.3 is 114 Å². The van der Waals surface area contributed by atoms with Crippen molar-refractivity contribution in [1.82, 2.24) is 0 Å². The predicted octanol–water partition coefficient (Wildman–Crippen LogP) is -8.37. The molecule has 25 heteroatoms. The van der Waals surface area contributed by atoms with Gasteiger partial charge in [0.15, 0.2) is 18.9 Å². The molecule has 15 N–H and O–H groups in total. The van der Waals surface area contributed by atoms with E-state index in [1.165, 1.54) is 0 Å². The van der Waals surface area contributed by atoms with Crippen LogP contribution in [0.2, 0.25) is 0 Å². The zero-order valence-electron chi connectivity index (χ0n) is 32.6. The number of rotatable bonds is 13. The Balaban J connectivity index is 1.30. The second-order valence-electron chi connectivity index (χ2n) is 16.6. The standard InChI is InChI=1S/C36H58O25/c37-7-18-24(45)27(48)30(51)34(59-18)56-15-1-10(2-16(23(15)44)57-35-31(52)28(49)25(46)19(8-38)60-35)33-17(5-12-13(40)3-11(39)4-14(12)55-33)58-36-32(53)29(50)26(47)20(61-36)9-54-22(43)6-21(41)42/h10-20,23-40,44-53H,1-9H2,(H,41,42). The molecule has 0 aromatic heterocycles. The van der Waals surface area contributed by atoms with Gasteiger partial charge in [-0.15, -0.1) is 0 Å². The van der Waals surface area contributed by atoms with Crippen molar-refractivity contribution in [1.29, 1.82) is 0 Å². The molecule has 61 heavy (non-hydrogen) atoms. The highest BCUT2D eigenvalue weighted by Crippen LogP contribution is 2.45. The number of aliphatic hydroxyl groups excluding tert-OH is 14. The number of aliphatic hydroxyl groups is 14. The number of esters is 1. The minimum absolute atomic E-state index is 0.0290. The van der Waals surface area contributed by atoms with Crippen LogP contribution in [0.4, 0.5) is 0 Å². The molecule has 25 nitrogen and oxygen atoms in total. The Hall–Kier alpha value is -1.90. The summed E-state index contributed by atoms with van der Waals surface area (Å²) in [6.07, 6.45) is -38.1. The molecule has 4 aliphatic heterocycles. The monoisotopic (exact) mass is 890 g/mol. The van der Waals surface area contributed by atoms with Crippen LogP contribution in [0, 0.1) is 11.8 Å². The molecular formula is C36H58O25. The molecule has 23 unspecified atom stereocenters. The summed E-state index contributed by atoms with van der Waals surface area (Å²) in [5, 5.41) is 158. The normalized spacial score (nSPS) is 50.7. The van der Waals surface area contributed by atoms with Crippen molar-refractivity contribution in [3.8, 4) is 0 Å². The molecule has 0 aromatic carbocycles. The second-order valence-corrected chi connectivity index (χ2v) is 16.6. The highest BCUT2D eigenvalue weighted by Gasteiger charge is 2.56. The Kier molecular flexibility index (Phi) is 16.3. The molecule has 6 fully saturated rings. The van der Waals surface area contributed by atoms with E-state index < -0.39 is 191 Å². The Morgan fingerprint density at radius 1 is 0.508 bits per heavy atom. The third-order valence-electron chi connectivity index (χ3n) is 12.5. The molecule has 0 bridgehead atoms. The molecule has 23 atom stereocenters. The van der Waals surface area contributed by atoms with Gasteiger partial charge in [0.05, 0.1) is 55.9 Å². The first-order valence-electron chi connectivity index (χ1n) is 20.2. The van der Waals surface area contributed by atoms with E-state index in [4.69, 9.17) is 43.0 Å². The van der Waals surface area contributed by atoms with Crippen LogP contribution in [-0.4, -0.2) is 249 Å². The molecule has 0 spiro atoms. The molecule has 4 saturated heterocycles. The third kappa shape index (κ3) is 10.6. The van der Waals surface area contributed by atoms with Gasteiger partial charge in [-0.2, -0.15) is 0 Å². The summed E-state index contributed by atoms with van der Waals surface area (Å²) in [5.74, 6) is -4.30. The van der Waals surface area contributed by atoms with Crippen LogP contribution in [0.1, 0.15) is 38.5 Å². The highest BCUT2D eigenvalue weighted by molar-refractivity contribution is 5.90. The molecule has 0 aromatic rings. The average Bonchev–Trinajstić information content (AvgIpc) is 3.21. The Morgan fingerprint density at radius 2 is 0.967 bits per heavy atom. The largest absolute Gasteiger partial charge is 0.481 e. The number of carbonyl (C=O) groups excluding carboxylic acids is 1. The summed E-state index contributed by atoms with van der Waals surface area (Å²) in [6.45, 7) is -2.40.